The Morgan fingerprint density at radius 3 is 2.79 bits per heavy atom. The molecule has 0 amide bonds. The minimum atomic E-state index is -3.36. The van der Waals surface area contributed by atoms with Gasteiger partial charge >= 0.3 is 0 Å². The molecule has 104 valence electrons. The summed E-state index contributed by atoms with van der Waals surface area (Å²) in [7, 11) is -3.36. The molecule has 0 unspecified atom stereocenters. The van der Waals surface area contributed by atoms with Gasteiger partial charge in [-0.1, -0.05) is 0 Å². The molecule has 0 spiro atoms. The van der Waals surface area contributed by atoms with Gasteiger partial charge in [0.05, 0.1) is 3.79 Å². The molecule has 2 rings (SSSR count). The number of rotatable bonds is 5. The SMILES string of the molecule is CS(=O)(=O)c1c(N)nsc1NCCc1ccc(Br)s1. The number of hydrogen-bond acceptors (Lipinski definition) is 7. The van der Waals surface area contributed by atoms with Gasteiger partial charge in [0.25, 0.3) is 0 Å². The van der Waals surface area contributed by atoms with E-state index in [1.165, 1.54) is 4.88 Å². The molecule has 0 aromatic carbocycles. The Morgan fingerprint density at radius 2 is 2.21 bits per heavy atom. The van der Waals surface area contributed by atoms with Crippen LogP contribution in [0.2, 0.25) is 0 Å². The van der Waals surface area contributed by atoms with Crippen molar-refractivity contribution in [2.24, 2.45) is 0 Å². The van der Waals surface area contributed by atoms with Crippen LogP contribution in [-0.2, 0) is 16.3 Å². The molecule has 0 fully saturated rings. The number of nitrogen functional groups attached to an aromatic ring is 1. The van der Waals surface area contributed by atoms with Gasteiger partial charge in [0.15, 0.2) is 15.7 Å². The van der Waals surface area contributed by atoms with E-state index >= 15 is 0 Å². The molecule has 2 aromatic heterocycles. The molecule has 9 heteroatoms. The molecule has 5 nitrogen and oxygen atoms in total. The van der Waals surface area contributed by atoms with E-state index in [-0.39, 0.29) is 10.7 Å². The topological polar surface area (TPSA) is 85.1 Å². The molecule has 0 bridgehead atoms. The van der Waals surface area contributed by atoms with E-state index in [0.29, 0.717) is 11.5 Å². The van der Waals surface area contributed by atoms with E-state index in [1.54, 1.807) is 11.3 Å². The molecule has 2 aromatic rings. The molecule has 0 aliphatic rings. The molecular weight excluding hydrogens is 370 g/mol. The van der Waals surface area contributed by atoms with E-state index < -0.39 is 9.84 Å². The Hall–Kier alpha value is -0.640. The second kappa shape index (κ2) is 5.78. The molecule has 19 heavy (non-hydrogen) atoms. The summed E-state index contributed by atoms with van der Waals surface area (Å²) in [4.78, 5) is 1.32. The second-order valence-electron chi connectivity index (χ2n) is 3.88. The maximum absolute atomic E-state index is 11.6. The van der Waals surface area contributed by atoms with Crippen LogP contribution in [0.4, 0.5) is 10.8 Å². The van der Waals surface area contributed by atoms with Crippen molar-refractivity contribution in [1.29, 1.82) is 0 Å². The minimum Gasteiger partial charge on any atom is -0.382 e. The fourth-order valence-electron chi connectivity index (χ4n) is 1.55. The van der Waals surface area contributed by atoms with E-state index in [1.807, 2.05) is 12.1 Å². The Balaban J connectivity index is 2.04. The predicted octanol–water partition coefficient (Wildman–Crippen LogP) is 2.61. The average molecular weight is 382 g/mol. The minimum absolute atomic E-state index is 0.0638. The van der Waals surface area contributed by atoms with Crippen molar-refractivity contribution in [1.82, 2.24) is 4.37 Å². The zero-order chi connectivity index (χ0) is 14.0. The van der Waals surface area contributed by atoms with Crippen molar-refractivity contribution in [2.45, 2.75) is 11.3 Å². The standard InChI is InChI=1S/C10H12BrN3O2S3/c1-19(15,16)8-9(12)14-18-10(8)13-5-4-6-2-3-7(11)17-6/h2-3,13H,4-5H2,1H3,(H2,12,14). The highest BCUT2D eigenvalue weighted by Gasteiger charge is 2.20. The van der Waals surface area contributed by atoms with Crippen LogP contribution in [0.3, 0.4) is 0 Å². The lowest BCUT2D eigenvalue weighted by atomic mass is 10.3. The van der Waals surface area contributed by atoms with Crippen LogP contribution in [0.15, 0.2) is 20.8 Å². The van der Waals surface area contributed by atoms with Crippen molar-refractivity contribution in [3.63, 3.8) is 0 Å². The second-order valence-corrected chi connectivity index (χ2v) is 9.15. The highest BCUT2D eigenvalue weighted by Crippen LogP contribution is 2.31. The van der Waals surface area contributed by atoms with Crippen molar-refractivity contribution < 1.29 is 8.42 Å². The summed E-state index contributed by atoms with van der Waals surface area (Å²) < 4.78 is 28.2. The smallest absolute Gasteiger partial charge is 0.182 e. The van der Waals surface area contributed by atoms with E-state index in [9.17, 15) is 8.42 Å². The van der Waals surface area contributed by atoms with Crippen LogP contribution in [0.5, 0.6) is 0 Å². The summed E-state index contributed by atoms with van der Waals surface area (Å²) in [6.45, 7) is 0.636. The molecular formula is C10H12BrN3O2S3. The van der Waals surface area contributed by atoms with Gasteiger partial charge in [-0.25, -0.2) is 8.42 Å². The average Bonchev–Trinajstić information content (AvgIpc) is 2.85. The molecule has 0 atom stereocenters. The summed E-state index contributed by atoms with van der Waals surface area (Å²) >= 11 is 6.14. The Bertz CT molecular complexity index is 678. The van der Waals surface area contributed by atoms with E-state index in [2.05, 4.69) is 25.6 Å². The van der Waals surface area contributed by atoms with Crippen LogP contribution in [-0.4, -0.2) is 25.6 Å². The summed E-state index contributed by atoms with van der Waals surface area (Å²) in [6, 6.07) is 4.03. The lowest BCUT2D eigenvalue weighted by Crippen LogP contribution is -2.08. The van der Waals surface area contributed by atoms with Gasteiger partial charge in [0.2, 0.25) is 0 Å². The summed E-state index contributed by atoms with van der Waals surface area (Å²) in [5, 5.41) is 3.60. The molecule has 0 saturated heterocycles. The zero-order valence-corrected chi connectivity index (χ0v) is 14.0. The van der Waals surface area contributed by atoms with Gasteiger partial charge in [-0.15, -0.1) is 11.3 Å². The van der Waals surface area contributed by atoms with Gasteiger partial charge in [-0.2, -0.15) is 4.37 Å². The number of aromatic nitrogens is 1. The van der Waals surface area contributed by atoms with E-state index in [4.69, 9.17) is 5.73 Å². The first kappa shape index (κ1) is 14.8. The molecule has 3 N–H and O–H groups in total. The Kier molecular flexibility index (Phi) is 4.49. The highest BCUT2D eigenvalue weighted by atomic mass is 79.9. The van der Waals surface area contributed by atoms with Crippen LogP contribution in [0.25, 0.3) is 0 Å². The molecule has 0 radical (unpaired) electrons. The lowest BCUT2D eigenvalue weighted by molar-refractivity contribution is 0.602. The largest absolute Gasteiger partial charge is 0.382 e. The van der Waals surface area contributed by atoms with Crippen molar-refractivity contribution in [3.05, 3.63) is 20.8 Å². The number of sulfone groups is 1. The predicted molar refractivity (Wildman–Crippen MR) is 83.8 cm³/mol. The summed E-state index contributed by atoms with van der Waals surface area (Å²) in [5.74, 6) is 0.0638. The number of nitrogens with one attached hydrogen (secondary N) is 1. The van der Waals surface area contributed by atoms with Crippen LogP contribution in [0.1, 0.15) is 4.88 Å². The van der Waals surface area contributed by atoms with Gasteiger partial charge in [-0.05, 0) is 46.0 Å². The highest BCUT2D eigenvalue weighted by molar-refractivity contribution is 9.11. The van der Waals surface area contributed by atoms with Gasteiger partial charge in [0.1, 0.15) is 9.90 Å². The first-order valence-electron chi connectivity index (χ1n) is 5.31. The fourth-order valence-corrected chi connectivity index (χ4v) is 5.13. The maximum Gasteiger partial charge on any atom is 0.182 e. The van der Waals surface area contributed by atoms with Gasteiger partial charge in [-0.3, -0.25) is 0 Å². The quantitative estimate of drug-likeness (QED) is 0.831. The molecule has 0 aliphatic heterocycles. The van der Waals surface area contributed by atoms with Crippen LogP contribution < -0.4 is 11.1 Å². The van der Waals surface area contributed by atoms with E-state index in [0.717, 1.165) is 28.0 Å². The zero-order valence-electron chi connectivity index (χ0n) is 10.0. The first-order chi connectivity index (χ1) is 8.88. The van der Waals surface area contributed by atoms with Gasteiger partial charge < -0.3 is 11.1 Å². The maximum atomic E-state index is 11.6. The van der Waals surface area contributed by atoms with Crippen molar-refractivity contribution in [3.8, 4) is 0 Å². The van der Waals surface area contributed by atoms with Crippen LogP contribution >= 0.6 is 38.8 Å². The van der Waals surface area contributed by atoms with Gasteiger partial charge in [0, 0.05) is 17.7 Å². The number of anilines is 2. The summed E-state index contributed by atoms with van der Waals surface area (Å²) in [5.41, 5.74) is 5.59. The Morgan fingerprint density at radius 1 is 1.47 bits per heavy atom. The molecule has 0 saturated carbocycles. The fraction of sp³-hybridized carbons (Fsp3) is 0.300. The van der Waals surface area contributed by atoms with Crippen LogP contribution in [0, 0.1) is 0 Å². The number of nitrogens with two attached hydrogens (primary N) is 1. The number of thiophene rings is 1. The van der Waals surface area contributed by atoms with Crippen molar-refractivity contribution in [2.75, 3.05) is 23.9 Å². The van der Waals surface area contributed by atoms with Crippen molar-refractivity contribution >= 4 is 59.5 Å². The molecule has 2 heterocycles. The third-order valence-electron chi connectivity index (χ3n) is 2.33. The first-order valence-corrected chi connectivity index (χ1v) is 9.58. The Labute approximate surface area is 128 Å². The lowest BCUT2D eigenvalue weighted by Gasteiger charge is -2.04. The summed E-state index contributed by atoms with van der Waals surface area (Å²) in [6.07, 6.45) is 1.95. The number of nitrogens with zero attached hydrogens (tertiary/aromatic N) is 1. The number of hydrogen-bond donors (Lipinski definition) is 2. The monoisotopic (exact) mass is 381 g/mol. The third kappa shape index (κ3) is 3.68. The third-order valence-corrected chi connectivity index (χ3v) is 6.12. The number of halogens is 1. The normalized spacial score (nSPS) is 11.7. The molecule has 0 aliphatic carbocycles.